The van der Waals surface area contributed by atoms with Crippen LogP contribution in [-0.4, -0.2) is 30.7 Å². The standard InChI is InChI=1S/C30H32N6O3/c1-17-13-21(18(2)32-23-10-8-7-9-20(23)29(38)39-30(3,4)5)28-33-24(15-26(37)36(28)16-17)19-11-12-25-22(14-19)27(31)34-35(25)6/h7-16,18,32H,1-6H3,(H2,31,34). The second-order valence-electron chi connectivity index (χ2n) is 10.8. The zero-order chi connectivity index (χ0) is 28.1. The fourth-order valence-corrected chi connectivity index (χ4v) is 4.72. The molecule has 0 aliphatic carbocycles. The molecule has 200 valence electrons. The van der Waals surface area contributed by atoms with E-state index in [-0.39, 0.29) is 11.6 Å². The highest BCUT2D eigenvalue weighted by Gasteiger charge is 2.22. The molecule has 0 bridgehead atoms. The average molecular weight is 525 g/mol. The van der Waals surface area contributed by atoms with Crippen molar-refractivity contribution in [2.75, 3.05) is 11.1 Å². The van der Waals surface area contributed by atoms with Gasteiger partial charge in [-0.25, -0.2) is 9.78 Å². The number of aromatic nitrogens is 4. The molecular formula is C30H32N6O3. The van der Waals surface area contributed by atoms with Gasteiger partial charge in [0.25, 0.3) is 5.56 Å². The molecule has 3 N–H and O–H groups in total. The van der Waals surface area contributed by atoms with Gasteiger partial charge in [-0.15, -0.1) is 0 Å². The molecule has 9 nitrogen and oxygen atoms in total. The number of hydrogen-bond donors (Lipinski definition) is 2. The van der Waals surface area contributed by atoms with Crippen molar-refractivity contribution < 1.29 is 9.53 Å². The van der Waals surface area contributed by atoms with E-state index in [1.165, 1.54) is 6.07 Å². The Morgan fingerprint density at radius 3 is 2.59 bits per heavy atom. The molecule has 0 radical (unpaired) electrons. The number of rotatable bonds is 5. The maximum absolute atomic E-state index is 13.3. The maximum atomic E-state index is 13.3. The molecule has 5 rings (SSSR count). The first-order valence-electron chi connectivity index (χ1n) is 12.8. The van der Waals surface area contributed by atoms with Crippen LogP contribution in [0.15, 0.2) is 65.6 Å². The summed E-state index contributed by atoms with van der Waals surface area (Å²) in [6.07, 6.45) is 1.78. The summed E-state index contributed by atoms with van der Waals surface area (Å²) in [5, 5.41) is 8.53. The first-order valence-corrected chi connectivity index (χ1v) is 12.8. The lowest BCUT2D eigenvalue weighted by Crippen LogP contribution is -2.25. The first kappa shape index (κ1) is 26.0. The largest absolute Gasteiger partial charge is 0.456 e. The number of ether oxygens (including phenoxy) is 1. The molecular weight excluding hydrogens is 492 g/mol. The minimum atomic E-state index is -0.618. The zero-order valence-corrected chi connectivity index (χ0v) is 22.9. The molecule has 0 saturated heterocycles. The van der Waals surface area contributed by atoms with Crippen LogP contribution in [0, 0.1) is 6.92 Å². The summed E-state index contributed by atoms with van der Waals surface area (Å²) >= 11 is 0. The van der Waals surface area contributed by atoms with E-state index >= 15 is 0 Å². The Bertz CT molecular complexity index is 1800. The SMILES string of the molecule is Cc1cc(C(C)Nc2ccccc2C(=O)OC(C)(C)C)c2nc(-c3ccc4c(c3)c(N)nn4C)cc(=O)n2c1. The van der Waals surface area contributed by atoms with Gasteiger partial charge in [-0.3, -0.25) is 13.9 Å². The van der Waals surface area contributed by atoms with Crippen LogP contribution in [0.2, 0.25) is 0 Å². The highest BCUT2D eigenvalue weighted by molar-refractivity contribution is 5.96. The van der Waals surface area contributed by atoms with E-state index in [9.17, 15) is 9.59 Å². The number of para-hydroxylation sites is 1. The van der Waals surface area contributed by atoms with E-state index in [0.29, 0.717) is 28.4 Å². The molecule has 2 aromatic carbocycles. The summed E-state index contributed by atoms with van der Waals surface area (Å²) in [5.41, 5.74) is 10.8. The molecule has 1 atom stereocenters. The van der Waals surface area contributed by atoms with Crippen LogP contribution >= 0.6 is 0 Å². The van der Waals surface area contributed by atoms with E-state index in [0.717, 1.165) is 27.6 Å². The highest BCUT2D eigenvalue weighted by Crippen LogP contribution is 2.29. The van der Waals surface area contributed by atoms with Crippen LogP contribution in [0.1, 0.15) is 55.2 Å². The average Bonchev–Trinajstić information content (AvgIpc) is 3.15. The number of benzene rings is 2. The summed E-state index contributed by atoms with van der Waals surface area (Å²) in [5.74, 6) is 0.0123. The summed E-state index contributed by atoms with van der Waals surface area (Å²) in [7, 11) is 1.84. The summed E-state index contributed by atoms with van der Waals surface area (Å²) in [4.78, 5) is 31.1. The molecule has 0 spiro atoms. The minimum Gasteiger partial charge on any atom is -0.456 e. The predicted molar refractivity (Wildman–Crippen MR) is 154 cm³/mol. The molecule has 3 aromatic heterocycles. The third-order valence-electron chi connectivity index (χ3n) is 6.49. The Kier molecular flexibility index (Phi) is 6.38. The van der Waals surface area contributed by atoms with Gasteiger partial charge < -0.3 is 15.8 Å². The quantitative estimate of drug-likeness (QED) is 0.301. The number of hydrogen-bond acceptors (Lipinski definition) is 7. The van der Waals surface area contributed by atoms with Crippen molar-refractivity contribution in [1.82, 2.24) is 19.2 Å². The van der Waals surface area contributed by atoms with Crippen LogP contribution < -0.4 is 16.6 Å². The number of nitrogens with one attached hydrogen (secondary N) is 1. The fraction of sp³-hybridized carbons (Fsp3) is 0.267. The number of esters is 1. The van der Waals surface area contributed by atoms with Crippen LogP contribution in [-0.2, 0) is 11.8 Å². The summed E-state index contributed by atoms with van der Waals surface area (Å²) in [6, 6.07) is 16.2. The number of nitrogens with two attached hydrogens (primary N) is 1. The second-order valence-corrected chi connectivity index (χ2v) is 10.8. The number of pyridine rings is 1. The molecule has 0 aliphatic heterocycles. The number of nitrogen functional groups attached to an aromatic ring is 1. The lowest BCUT2D eigenvalue weighted by Gasteiger charge is -2.23. The van der Waals surface area contributed by atoms with Crippen LogP contribution in [0.25, 0.3) is 27.8 Å². The van der Waals surface area contributed by atoms with E-state index in [1.54, 1.807) is 27.4 Å². The minimum absolute atomic E-state index is 0.194. The Hall–Kier alpha value is -4.66. The monoisotopic (exact) mass is 524 g/mol. The Balaban J connectivity index is 1.58. The topological polar surface area (TPSA) is 117 Å². The number of anilines is 2. The van der Waals surface area contributed by atoms with Crippen molar-refractivity contribution in [3.63, 3.8) is 0 Å². The third-order valence-corrected chi connectivity index (χ3v) is 6.49. The van der Waals surface area contributed by atoms with Gasteiger partial charge in [0.15, 0.2) is 5.82 Å². The van der Waals surface area contributed by atoms with Gasteiger partial charge in [-0.05, 0) is 70.5 Å². The Labute approximate surface area is 226 Å². The van der Waals surface area contributed by atoms with Crippen LogP contribution in [0.5, 0.6) is 0 Å². The molecule has 3 heterocycles. The van der Waals surface area contributed by atoms with Gasteiger partial charge in [0.2, 0.25) is 0 Å². The second kappa shape index (κ2) is 9.58. The molecule has 1 unspecified atom stereocenters. The van der Waals surface area contributed by atoms with E-state index < -0.39 is 11.6 Å². The molecule has 5 aromatic rings. The third kappa shape index (κ3) is 5.07. The smallest absolute Gasteiger partial charge is 0.340 e. The lowest BCUT2D eigenvalue weighted by molar-refractivity contribution is 0.00706. The summed E-state index contributed by atoms with van der Waals surface area (Å²) < 4.78 is 8.89. The number of carbonyl (C=O) groups is 1. The van der Waals surface area contributed by atoms with Gasteiger partial charge in [0.1, 0.15) is 11.2 Å². The fourth-order valence-electron chi connectivity index (χ4n) is 4.72. The molecule has 0 fully saturated rings. The van der Waals surface area contributed by atoms with Crippen molar-refractivity contribution in [3.05, 3.63) is 87.8 Å². The molecule has 0 saturated carbocycles. The molecule has 0 amide bonds. The molecule has 9 heteroatoms. The maximum Gasteiger partial charge on any atom is 0.340 e. The number of aryl methyl sites for hydroxylation is 2. The Morgan fingerprint density at radius 1 is 1.10 bits per heavy atom. The summed E-state index contributed by atoms with van der Waals surface area (Å²) in [6.45, 7) is 9.42. The van der Waals surface area contributed by atoms with Gasteiger partial charge in [0.05, 0.1) is 22.8 Å². The number of nitrogens with zero attached hydrogens (tertiary/aromatic N) is 4. The van der Waals surface area contributed by atoms with Crippen molar-refractivity contribution in [1.29, 1.82) is 0 Å². The zero-order valence-electron chi connectivity index (χ0n) is 22.9. The number of carbonyl (C=O) groups excluding carboxylic acids is 1. The van der Waals surface area contributed by atoms with Crippen LogP contribution in [0.3, 0.4) is 0 Å². The normalized spacial score (nSPS) is 12.6. The van der Waals surface area contributed by atoms with Gasteiger partial charge in [-0.2, -0.15) is 5.10 Å². The van der Waals surface area contributed by atoms with E-state index in [1.807, 2.05) is 78.1 Å². The van der Waals surface area contributed by atoms with Crippen molar-refractivity contribution in [2.45, 2.75) is 46.3 Å². The van der Waals surface area contributed by atoms with Crippen molar-refractivity contribution in [2.24, 2.45) is 7.05 Å². The van der Waals surface area contributed by atoms with Gasteiger partial charge in [0, 0.05) is 41.5 Å². The van der Waals surface area contributed by atoms with Crippen molar-refractivity contribution in [3.8, 4) is 11.3 Å². The van der Waals surface area contributed by atoms with Crippen molar-refractivity contribution >= 4 is 34.0 Å². The van der Waals surface area contributed by atoms with Gasteiger partial charge in [-0.1, -0.05) is 18.2 Å². The molecule has 0 aliphatic rings. The predicted octanol–water partition coefficient (Wildman–Crippen LogP) is 5.27. The highest BCUT2D eigenvalue weighted by atomic mass is 16.6. The molecule has 39 heavy (non-hydrogen) atoms. The lowest BCUT2D eigenvalue weighted by atomic mass is 10.0. The first-order chi connectivity index (χ1) is 18.4. The number of fused-ring (bicyclic) bond motifs is 2. The van der Waals surface area contributed by atoms with Gasteiger partial charge >= 0.3 is 5.97 Å². The Morgan fingerprint density at radius 2 is 1.85 bits per heavy atom. The van der Waals surface area contributed by atoms with Crippen LogP contribution in [0.4, 0.5) is 11.5 Å². The van der Waals surface area contributed by atoms with E-state index in [4.69, 9.17) is 15.5 Å². The van der Waals surface area contributed by atoms with E-state index in [2.05, 4.69) is 10.4 Å².